The molecule has 4 N–H and O–H groups in total. The number of rotatable bonds is 6. The first-order chi connectivity index (χ1) is 9.72. The van der Waals surface area contributed by atoms with Crippen molar-refractivity contribution in [2.24, 2.45) is 5.73 Å². The summed E-state index contributed by atoms with van der Waals surface area (Å²) < 4.78 is 30.2. The average molecular weight is 335 g/mol. The Labute approximate surface area is 124 Å². The van der Waals surface area contributed by atoms with Gasteiger partial charge in [-0.2, -0.15) is 4.72 Å². The number of thiophene rings is 1. The van der Waals surface area contributed by atoms with Gasteiger partial charge in [-0.25, -0.2) is 13.2 Å². The topological polar surface area (TPSA) is 145 Å². The number of esters is 1. The Morgan fingerprint density at radius 3 is 2.62 bits per heavy atom. The normalized spacial score (nSPS) is 12.4. The summed E-state index contributed by atoms with van der Waals surface area (Å²) in [5.74, 6) is -1.88. The van der Waals surface area contributed by atoms with Crippen molar-refractivity contribution in [1.82, 2.24) is 10.0 Å². The van der Waals surface area contributed by atoms with Crippen LogP contribution in [-0.2, 0) is 24.3 Å². The van der Waals surface area contributed by atoms with E-state index in [0.29, 0.717) is 0 Å². The largest absolute Gasteiger partial charge is 0.452 e. The Balaban J connectivity index is 2.48. The number of hydrogen-bond donors (Lipinski definition) is 3. The van der Waals surface area contributed by atoms with Crippen molar-refractivity contribution in [2.45, 2.75) is 17.2 Å². The maximum absolute atomic E-state index is 11.7. The molecule has 3 amide bonds. The van der Waals surface area contributed by atoms with Crippen molar-refractivity contribution in [1.29, 1.82) is 0 Å². The summed E-state index contributed by atoms with van der Waals surface area (Å²) in [6, 6.07) is 1.84. The minimum absolute atomic E-state index is 0.0508. The molecule has 116 valence electrons. The smallest absolute Gasteiger partial charge is 0.321 e. The van der Waals surface area contributed by atoms with Gasteiger partial charge in [-0.15, -0.1) is 11.3 Å². The summed E-state index contributed by atoms with van der Waals surface area (Å²) in [6.45, 7) is 0.568. The van der Waals surface area contributed by atoms with Crippen molar-refractivity contribution >= 4 is 39.3 Å². The van der Waals surface area contributed by atoms with E-state index >= 15 is 0 Å². The van der Waals surface area contributed by atoms with E-state index in [4.69, 9.17) is 5.73 Å². The number of ether oxygens (including phenoxy) is 1. The zero-order valence-electron chi connectivity index (χ0n) is 10.9. The Morgan fingerprint density at radius 2 is 2.10 bits per heavy atom. The number of hydrogen-bond acceptors (Lipinski definition) is 7. The summed E-state index contributed by atoms with van der Waals surface area (Å²) in [7, 11) is -3.79. The predicted octanol–water partition coefficient (Wildman–Crippen LogP) is -0.847. The van der Waals surface area contributed by atoms with Crippen molar-refractivity contribution < 1.29 is 27.5 Å². The van der Waals surface area contributed by atoms with Gasteiger partial charge >= 0.3 is 12.0 Å². The number of imide groups is 1. The fourth-order valence-corrected chi connectivity index (χ4v) is 3.16. The molecule has 0 aliphatic heterocycles. The minimum Gasteiger partial charge on any atom is -0.452 e. The van der Waals surface area contributed by atoms with E-state index in [1.807, 2.05) is 4.72 Å². The van der Waals surface area contributed by atoms with Gasteiger partial charge in [-0.1, -0.05) is 6.07 Å². The number of urea groups is 1. The third-order valence-electron chi connectivity index (χ3n) is 2.09. The van der Waals surface area contributed by atoms with E-state index in [0.717, 1.165) is 11.3 Å². The summed E-state index contributed by atoms with van der Waals surface area (Å²) >= 11 is 0.989. The minimum atomic E-state index is -3.79. The number of carbonyl (C=O) groups is 3. The third-order valence-corrected chi connectivity index (χ3v) is 4.89. The molecule has 0 aromatic carbocycles. The standard InChI is InChI=1S/C10H13N3O6S2/c1-6(9(15)13-10(11)16)19-7(14)5-12-21(17,18)8-3-2-4-20-8/h2-4,6,12H,5H2,1H3,(H3,11,13,15,16). The molecule has 1 heterocycles. The van der Waals surface area contributed by atoms with Gasteiger partial charge in [0, 0.05) is 0 Å². The van der Waals surface area contributed by atoms with Crippen LogP contribution in [0.15, 0.2) is 21.7 Å². The van der Waals surface area contributed by atoms with Gasteiger partial charge in [0.05, 0.1) is 0 Å². The van der Waals surface area contributed by atoms with Crippen molar-refractivity contribution in [3.63, 3.8) is 0 Å². The zero-order valence-corrected chi connectivity index (χ0v) is 12.5. The van der Waals surface area contributed by atoms with Gasteiger partial charge in [0.2, 0.25) is 0 Å². The molecule has 1 aromatic heterocycles. The second-order valence-electron chi connectivity index (χ2n) is 3.74. The number of amides is 3. The molecule has 0 spiro atoms. The summed E-state index contributed by atoms with van der Waals surface area (Å²) in [5, 5.41) is 3.30. The van der Waals surface area contributed by atoms with Crippen LogP contribution in [0.4, 0.5) is 4.79 Å². The Hall–Kier alpha value is -1.98. The van der Waals surface area contributed by atoms with Crippen LogP contribution in [0, 0.1) is 0 Å². The molecule has 9 nitrogen and oxygen atoms in total. The van der Waals surface area contributed by atoms with E-state index < -0.39 is 40.6 Å². The average Bonchev–Trinajstić information content (AvgIpc) is 2.90. The van der Waals surface area contributed by atoms with Gasteiger partial charge in [0.25, 0.3) is 15.9 Å². The van der Waals surface area contributed by atoms with Gasteiger partial charge in [0.1, 0.15) is 10.8 Å². The van der Waals surface area contributed by atoms with Crippen molar-refractivity contribution in [3.05, 3.63) is 17.5 Å². The van der Waals surface area contributed by atoms with Gasteiger partial charge in [0.15, 0.2) is 6.10 Å². The fourth-order valence-electron chi connectivity index (χ4n) is 1.16. The molecule has 1 rings (SSSR count). The van der Waals surface area contributed by atoms with E-state index in [9.17, 15) is 22.8 Å². The summed E-state index contributed by atoms with van der Waals surface area (Å²) in [4.78, 5) is 33.1. The molecule has 0 radical (unpaired) electrons. The monoisotopic (exact) mass is 335 g/mol. The van der Waals surface area contributed by atoms with Crippen LogP contribution in [0.1, 0.15) is 6.92 Å². The Kier molecular flexibility index (Phi) is 5.81. The third kappa shape index (κ3) is 5.49. The highest BCUT2D eigenvalue weighted by atomic mass is 32.2. The van der Waals surface area contributed by atoms with Crippen LogP contribution in [0.3, 0.4) is 0 Å². The van der Waals surface area contributed by atoms with E-state index in [2.05, 4.69) is 4.74 Å². The molecule has 1 unspecified atom stereocenters. The molecule has 11 heteroatoms. The molecule has 0 saturated carbocycles. The maximum atomic E-state index is 11.7. The SMILES string of the molecule is CC(OC(=O)CNS(=O)(=O)c1cccs1)C(=O)NC(N)=O. The highest BCUT2D eigenvalue weighted by Crippen LogP contribution is 2.14. The second kappa shape index (κ2) is 7.15. The van der Waals surface area contributed by atoms with Crippen LogP contribution in [0.25, 0.3) is 0 Å². The van der Waals surface area contributed by atoms with E-state index in [-0.39, 0.29) is 4.21 Å². The van der Waals surface area contributed by atoms with E-state index in [1.165, 1.54) is 13.0 Å². The number of nitrogens with two attached hydrogens (primary N) is 1. The van der Waals surface area contributed by atoms with Crippen LogP contribution >= 0.6 is 11.3 Å². The van der Waals surface area contributed by atoms with Gasteiger partial charge in [-0.05, 0) is 18.4 Å². The number of primary amides is 1. The summed E-state index contributed by atoms with van der Waals surface area (Å²) in [6.07, 6.45) is -1.28. The second-order valence-corrected chi connectivity index (χ2v) is 6.68. The van der Waals surface area contributed by atoms with Crippen LogP contribution in [-0.4, -0.2) is 39.0 Å². The molecule has 0 bridgehead atoms. The number of carbonyl (C=O) groups excluding carboxylic acids is 3. The molecule has 0 aliphatic rings. The number of sulfonamides is 1. The molecule has 1 atom stereocenters. The number of nitrogens with one attached hydrogen (secondary N) is 2. The lowest BCUT2D eigenvalue weighted by molar-refractivity contribution is -0.153. The van der Waals surface area contributed by atoms with Gasteiger partial charge < -0.3 is 10.5 Å². The van der Waals surface area contributed by atoms with Crippen LogP contribution in [0.2, 0.25) is 0 Å². The predicted molar refractivity (Wildman–Crippen MR) is 72.8 cm³/mol. The maximum Gasteiger partial charge on any atom is 0.321 e. The molecule has 0 fully saturated rings. The lowest BCUT2D eigenvalue weighted by Crippen LogP contribution is -2.43. The molecule has 0 aliphatic carbocycles. The highest BCUT2D eigenvalue weighted by Gasteiger charge is 2.21. The van der Waals surface area contributed by atoms with Gasteiger partial charge in [-0.3, -0.25) is 14.9 Å². The molecule has 1 aromatic rings. The quantitative estimate of drug-likeness (QED) is 0.578. The molecule has 0 saturated heterocycles. The molecule has 21 heavy (non-hydrogen) atoms. The first kappa shape index (κ1) is 17.1. The van der Waals surface area contributed by atoms with Crippen LogP contribution < -0.4 is 15.8 Å². The zero-order chi connectivity index (χ0) is 16.0. The lowest BCUT2D eigenvalue weighted by Gasteiger charge is -2.12. The Bertz CT molecular complexity index is 625. The van der Waals surface area contributed by atoms with Crippen molar-refractivity contribution in [2.75, 3.05) is 6.54 Å². The van der Waals surface area contributed by atoms with Crippen LogP contribution in [0.5, 0.6) is 0 Å². The fraction of sp³-hybridized carbons (Fsp3) is 0.300. The first-order valence-corrected chi connectivity index (χ1v) is 7.91. The van der Waals surface area contributed by atoms with Crippen molar-refractivity contribution in [3.8, 4) is 0 Å². The lowest BCUT2D eigenvalue weighted by atomic mass is 10.4. The highest BCUT2D eigenvalue weighted by molar-refractivity contribution is 7.91. The molecular formula is C10H13N3O6S2. The Morgan fingerprint density at radius 1 is 1.43 bits per heavy atom. The van der Waals surface area contributed by atoms with E-state index in [1.54, 1.807) is 16.8 Å². The molecular weight excluding hydrogens is 322 g/mol. The summed E-state index contributed by atoms with van der Waals surface area (Å²) in [5.41, 5.74) is 4.73. The first-order valence-electron chi connectivity index (χ1n) is 5.55.